The fourth-order valence-electron chi connectivity index (χ4n) is 1.07. The summed E-state index contributed by atoms with van der Waals surface area (Å²) >= 11 is 0. The van der Waals surface area contributed by atoms with Gasteiger partial charge in [0.1, 0.15) is 11.2 Å². The normalized spacial score (nSPS) is 11.9. The largest absolute Gasteiger partial charge is 0.443 e. The molecule has 0 spiro atoms. The number of amides is 2. The van der Waals surface area contributed by atoms with Crippen molar-refractivity contribution < 1.29 is 23.8 Å². The fourth-order valence-corrected chi connectivity index (χ4v) is 1.07. The van der Waals surface area contributed by atoms with E-state index in [1.54, 1.807) is 41.5 Å². The molecule has 19 heavy (non-hydrogen) atoms. The van der Waals surface area contributed by atoms with E-state index in [1.165, 1.54) is 7.11 Å². The van der Waals surface area contributed by atoms with E-state index >= 15 is 0 Å². The monoisotopic (exact) mass is 275 g/mol. The third kappa shape index (κ3) is 8.42. The standard InChI is InChI=1S/C13H25NO5/c1-12(2,3)18-10(15)14(8-9-17-7)11(16)19-13(4,5)6/h8-9H2,1-7H3. The van der Waals surface area contributed by atoms with Crippen LogP contribution in [0.15, 0.2) is 0 Å². The Balaban J connectivity index is 4.80. The van der Waals surface area contributed by atoms with Crippen LogP contribution >= 0.6 is 0 Å². The Morgan fingerprint density at radius 1 is 0.895 bits per heavy atom. The first-order chi connectivity index (χ1) is 8.46. The van der Waals surface area contributed by atoms with Gasteiger partial charge in [-0.05, 0) is 41.5 Å². The van der Waals surface area contributed by atoms with Gasteiger partial charge in [0.2, 0.25) is 0 Å². The summed E-state index contributed by atoms with van der Waals surface area (Å²) in [5.41, 5.74) is -1.35. The van der Waals surface area contributed by atoms with Crippen LogP contribution in [-0.4, -0.2) is 48.5 Å². The minimum Gasteiger partial charge on any atom is -0.443 e. The van der Waals surface area contributed by atoms with Crippen molar-refractivity contribution in [2.45, 2.75) is 52.7 Å². The Kier molecular flexibility index (Phi) is 6.29. The highest BCUT2D eigenvalue weighted by atomic mass is 16.6. The molecule has 0 saturated carbocycles. The molecular formula is C13H25NO5. The molecule has 0 aromatic rings. The highest BCUT2D eigenvalue weighted by Gasteiger charge is 2.30. The van der Waals surface area contributed by atoms with E-state index < -0.39 is 23.4 Å². The number of rotatable bonds is 3. The van der Waals surface area contributed by atoms with Crippen molar-refractivity contribution in [1.29, 1.82) is 0 Å². The number of hydrogen-bond acceptors (Lipinski definition) is 5. The maximum atomic E-state index is 11.9. The van der Waals surface area contributed by atoms with E-state index in [0.29, 0.717) is 0 Å². The van der Waals surface area contributed by atoms with Crippen LogP contribution in [0, 0.1) is 0 Å². The van der Waals surface area contributed by atoms with Gasteiger partial charge in [-0.15, -0.1) is 0 Å². The first kappa shape index (κ1) is 17.7. The lowest BCUT2D eigenvalue weighted by Gasteiger charge is -2.28. The van der Waals surface area contributed by atoms with E-state index in [9.17, 15) is 9.59 Å². The molecular weight excluding hydrogens is 250 g/mol. The number of carbonyl (C=O) groups excluding carboxylic acids is 2. The van der Waals surface area contributed by atoms with Gasteiger partial charge in [0.25, 0.3) is 0 Å². The molecule has 112 valence electrons. The summed E-state index contributed by atoms with van der Waals surface area (Å²) in [6.45, 7) is 10.7. The second-order valence-corrected chi connectivity index (χ2v) is 6.11. The van der Waals surface area contributed by atoms with Crippen LogP contribution in [0.25, 0.3) is 0 Å². The van der Waals surface area contributed by atoms with E-state index in [2.05, 4.69) is 0 Å². The van der Waals surface area contributed by atoms with Crippen LogP contribution in [-0.2, 0) is 14.2 Å². The predicted molar refractivity (Wildman–Crippen MR) is 71.1 cm³/mol. The Labute approximate surface area is 115 Å². The third-order valence-electron chi connectivity index (χ3n) is 1.75. The number of ether oxygens (including phenoxy) is 3. The van der Waals surface area contributed by atoms with Gasteiger partial charge < -0.3 is 14.2 Å². The van der Waals surface area contributed by atoms with Crippen LogP contribution in [0.2, 0.25) is 0 Å². The topological polar surface area (TPSA) is 65.1 Å². The van der Waals surface area contributed by atoms with Crippen LogP contribution in [0.5, 0.6) is 0 Å². The highest BCUT2D eigenvalue weighted by molar-refractivity contribution is 5.88. The second-order valence-electron chi connectivity index (χ2n) is 6.11. The smallest absolute Gasteiger partial charge is 0.419 e. The molecule has 0 aromatic heterocycles. The van der Waals surface area contributed by atoms with Gasteiger partial charge in [0, 0.05) is 7.11 Å². The molecule has 0 aliphatic heterocycles. The van der Waals surface area contributed by atoms with Crippen molar-refractivity contribution in [3.8, 4) is 0 Å². The minimum atomic E-state index is -0.737. The van der Waals surface area contributed by atoms with Gasteiger partial charge in [-0.2, -0.15) is 0 Å². The van der Waals surface area contributed by atoms with Crippen LogP contribution in [0.1, 0.15) is 41.5 Å². The molecule has 0 heterocycles. The van der Waals surface area contributed by atoms with E-state index in [1.807, 2.05) is 0 Å². The number of nitrogens with zero attached hydrogens (tertiary/aromatic N) is 1. The molecule has 0 aliphatic carbocycles. The Morgan fingerprint density at radius 2 is 1.26 bits per heavy atom. The molecule has 6 heteroatoms. The predicted octanol–water partition coefficient (Wildman–Crippen LogP) is 2.81. The quantitative estimate of drug-likeness (QED) is 0.792. The first-order valence-corrected chi connectivity index (χ1v) is 6.19. The molecule has 0 N–H and O–H groups in total. The zero-order chi connectivity index (χ0) is 15.3. The Morgan fingerprint density at radius 3 is 1.53 bits per heavy atom. The van der Waals surface area contributed by atoms with Crippen molar-refractivity contribution in [1.82, 2.24) is 4.90 Å². The third-order valence-corrected chi connectivity index (χ3v) is 1.75. The average Bonchev–Trinajstić information content (AvgIpc) is 2.12. The Bertz CT molecular complexity index is 286. The number of carbonyl (C=O) groups is 2. The fraction of sp³-hybridized carbons (Fsp3) is 0.846. The van der Waals surface area contributed by atoms with Gasteiger partial charge in [-0.1, -0.05) is 0 Å². The molecule has 0 bridgehead atoms. The van der Waals surface area contributed by atoms with Crippen molar-refractivity contribution >= 4 is 12.2 Å². The molecule has 0 aliphatic rings. The summed E-state index contributed by atoms with van der Waals surface area (Å²) in [6.07, 6.45) is -1.47. The van der Waals surface area contributed by atoms with Crippen molar-refractivity contribution in [2.24, 2.45) is 0 Å². The average molecular weight is 275 g/mol. The number of methoxy groups -OCH3 is 1. The molecule has 0 atom stereocenters. The lowest BCUT2D eigenvalue weighted by atomic mass is 10.2. The summed E-state index contributed by atoms with van der Waals surface area (Å²) in [6, 6.07) is 0. The van der Waals surface area contributed by atoms with E-state index in [-0.39, 0.29) is 13.2 Å². The van der Waals surface area contributed by atoms with Gasteiger partial charge >= 0.3 is 12.2 Å². The molecule has 0 unspecified atom stereocenters. The maximum Gasteiger partial charge on any atom is 0.419 e. The van der Waals surface area contributed by atoms with Gasteiger partial charge in [-0.25, -0.2) is 14.5 Å². The van der Waals surface area contributed by atoms with Crippen molar-refractivity contribution in [3.63, 3.8) is 0 Å². The summed E-state index contributed by atoms with van der Waals surface area (Å²) in [5, 5.41) is 0. The van der Waals surface area contributed by atoms with Crippen LogP contribution < -0.4 is 0 Å². The highest BCUT2D eigenvalue weighted by Crippen LogP contribution is 2.14. The molecule has 2 amide bonds. The van der Waals surface area contributed by atoms with Crippen molar-refractivity contribution in [2.75, 3.05) is 20.3 Å². The molecule has 6 nitrogen and oxygen atoms in total. The molecule has 0 aromatic carbocycles. The summed E-state index contributed by atoms with van der Waals surface area (Å²) < 4.78 is 15.2. The summed E-state index contributed by atoms with van der Waals surface area (Å²) in [4.78, 5) is 24.8. The molecule has 0 radical (unpaired) electrons. The minimum absolute atomic E-state index is 0.0837. The zero-order valence-electron chi connectivity index (χ0n) is 12.9. The SMILES string of the molecule is COCCN(C(=O)OC(C)(C)C)C(=O)OC(C)(C)C. The molecule has 0 saturated heterocycles. The number of imide groups is 1. The van der Waals surface area contributed by atoms with Crippen LogP contribution in [0.3, 0.4) is 0 Å². The molecule has 0 rings (SSSR count). The van der Waals surface area contributed by atoms with Gasteiger partial charge in [0.05, 0.1) is 13.2 Å². The summed E-state index contributed by atoms with van der Waals surface area (Å²) in [7, 11) is 1.49. The summed E-state index contributed by atoms with van der Waals surface area (Å²) in [5.74, 6) is 0. The zero-order valence-corrected chi connectivity index (χ0v) is 12.9. The number of hydrogen-bond donors (Lipinski definition) is 0. The first-order valence-electron chi connectivity index (χ1n) is 6.19. The van der Waals surface area contributed by atoms with E-state index in [4.69, 9.17) is 14.2 Å². The van der Waals surface area contributed by atoms with Gasteiger partial charge in [0.15, 0.2) is 0 Å². The Hall–Kier alpha value is -1.30. The lowest BCUT2D eigenvalue weighted by molar-refractivity contribution is -0.00268. The van der Waals surface area contributed by atoms with Crippen LogP contribution in [0.4, 0.5) is 9.59 Å². The van der Waals surface area contributed by atoms with Crippen molar-refractivity contribution in [3.05, 3.63) is 0 Å². The maximum absolute atomic E-state index is 11.9. The lowest BCUT2D eigenvalue weighted by Crippen LogP contribution is -2.45. The van der Waals surface area contributed by atoms with Gasteiger partial charge in [-0.3, -0.25) is 0 Å². The second kappa shape index (κ2) is 6.75. The van der Waals surface area contributed by atoms with E-state index in [0.717, 1.165) is 4.90 Å². The molecule has 0 fully saturated rings.